The molecule has 43 heavy (non-hydrogen) atoms. The van der Waals surface area contributed by atoms with E-state index in [-0.39, 0.29) is 18.1 Å². The Morgan fingerprint density at radius 1 is 0.744 bits per heavy atom. The molecule has 4 rings (SSSR count). The summed E-state index contributed by atoms with van der Waals surface area (Å²) >= 11 is 0. The zero-order chi connectivity index (χ0) is 31.1. The van der Waals surface area contributed by atoms with Gasteiger partial charge in [-0.1, -0.05) is 24.3 Å². The van der Waals surface area contributed by atoms with Gasteiger partial charge < -0.3 is 64.5 Å². The summed E-state index contributed by atoms with van der Waals surface area (Å²) in [6, 6.07) is 12.3. The quantitative estimate of drug-likeness (QED) is 0.108. The van der Waals surface area contributed by atoms with Gasteiger partial charge in [0, 0.05) is 6.08 Å². The van der Waals surface area contributed by atoms with Gasteiger partial charge in [0.05, 0.1) is 19.8 Å². The average Bonchev–Trinajstić information content (AvgIpc) is 3.00. The van der Waals surface area contributed by atoms with E-state index < -0.39 is 80.6 Å². The van der Waals surface area contributed by atoms with Crippen molar-refractivity contribution >= 4 is 12.0 Å². The van der Waals surface area contributed by atoms with Gasteiger partial charge in [-0.2, -0.15) is 0 Å². The molecule has 2 aromatic carbocycles. The van der Waals surface area contributed by atoms with Crippen LogP contribution in [0.5, 0.6) is 11.5 Å². The number of aromatic hydroxyl groups is 2. The monoisotopic (exact) mass is 608 g/mol. The molecular weight excluding hydrogens is 572 g/mol. The van der Waals surface area contributed by atoms with Crippen LogP contribution in [0.15, 0.2) is 54.6 Å². The lowest BCUT2D eigenvalue weighted by atomic mass is 9.96. The van der Waals surface area contributed by atoms with Crippen LogP contribution in [-0.2, 0) is 34.9 Å². The van der Waals surface area contributed by atoms with E-state index in [1.165, 1.54) is 30.3 Å². The molecule has 0 aliphatic carbocycles. The molecule has 10 atom stereocenters. The maximum Gasteiger partial charge on any atom is 0.331 e. The van der Waals surface area contributed by atoms with Gasteiger partial charge in [-0.05, 0) is 47.9 Å². The molecule has 14 nitrogen and oxygen atoms in total. The van der Waals surface area contributed by atoms with Gasteiger partial charge in [-0.3, -0.25) is 0 Å². The Kier molecular flexibility index (Phi) is 11.5. The Labute approximate surface area is 246 Å². The molecule has 2 saturated heterocycles. The zero-order valence-corrected chi connectivity index (χ0v) is 22.9. The van der Waals surface area contributed by atoms with Gasteiger partial charge in [0.15, 0.2) is 18.7 Å². The van der Waals surface area contributed by atoms with Crippen molar-refractivity contribution in [1.82, 2.24) is 0 Å². The number of aliphatic hydroxyl groups excluding tert-OH is 6. The zero-order valence-electron chi connectivity index (χ0n) is 22.9. The minimum atomic E-state index is -1.83. The second-order valence-electron chi connectivity index (χ2n) is 10.1. The number of carbonyl (C=O) groups is 1. The van der Waals surface area contributed by atoms with Crippen LogP contribution >= 0.6 is 0 Å². The third-order valence-electron chi connectivity index (χ3n) is 7.10. The lowest BCUT2D eigenvalue weighted by Crippen LogP contribution is -2.65. The fraction of sp³-hybridized carbons (Fsp3) is 0.483. The minimum Gasteiger partial charge on any atom is -0.508 e. The lowest BCUT2D eigenvalue weighted by Gasteiger charge is -2.46. The first-order valence-corrected chi connectivity index (χ1v) is 13.6. The number of phenolic OH excluding ortho intramolecular Hbond substituents is 2. The Morgan fingerprint density at radius 2 is 1.35 bits per heavy atom. The second kappa shape index (κ2) is 15.0. The summed E-state index contributed by atoms with van der Waals surface area (Å²) in [4.78, 5) is 12.8. The lowest BCUT2D eigenvalue weighted by molar-refractivity contribution is -0.360. The number of aliphatic hydroxyl groups is 6. The SMILES string of the molecule is O=C(/C=C/c1ccc(O)cc1)O[C@H]1[C@H](O[C@@H]2O[C@H](CO)[C@@H](O)[C@H](O)[C@H]2O)[C@@H](O)[C@H](OCCc2ccc(O)cc2)O[C@@H]1CO. The first kappa shape index (κ1) is 32.8. The molecule has 8 N–H and O–H groups in total. The van der Waals surface area contributed by atoms with Crippen LogP contribution in [0, 0.1) is 0 Å². The van der Waals surface area contributed by atoms with Crippen molar-refractivity contribution in [3.8, 4) is 11.5 Å². The summed E-state index contributed by atoms with van der Waals surface area (Å²) in [6.45, 7) is -1.42. The van der Waals surface area contributed by atoms with E-state index in [1.807, 2.05) is 0 Å². The van der Waals surface area contributed by atoms with E-state index >= 15 is 0 Å². The van der Waals surface area contributed by atoms with Gasteiger partial charge in [0.25, 0.3) is 0 Å². The normalized spacial score (nSPS) is 33.0. The molecule has 0 saturated carbocycles. The van der Waals surface area contributed by atoms with Crippen LogP contribution in [0.3, 0.4) is 0 Å². The maximum absolute atomic E-state index is 12.8. The third-order valence-corrected chi connectivity index (χ3v) is 7.10. The molecule has 0 amide bonds. The highest BCUT2D eigenvalue weighted by molar-refractivity contribution is 5.87. The number of rotatable bonds is 11. The molecule has 236 valence electrons. The first-order chi connectivity index (χ1) is 20.6. The highest BCUT2D eigenvalue weighted by atomic mass is 16.7. The smallest absolute Gasteiger partial charge is 0.331 e. The largest absolute Gasteiger partial charge is 0.508 e. The Morgan fingerprint density at radius 3 is 1.98 bits per heavy atom. The highest BCUT2D eigenvalue weighted by Crippen LogP contribution is 2.31. The van der Waals surface area contributed by atoms with Gasteiger partial charge in [0.1, 0.15) is 54.2 Å². The van der Waals surface area contributed by atoms with Crippen LogP contribution in [0.2, 0.25) is 0 Å². The fourth-order valence-electron chi connectivity index (χ4n) is 4.69. The van der Waals surface area contributed by atoms with E-state index in [9.17, 15) is 45.6 Å². The van der Waals surface area contributed by atoms with Gasteiger partial charge >= 0.3 is 5.97 Å². The number of esters is 1. The van der Waals surface area contributed by atoms with E-state index in [1.54, 1.807) is 24.3 Å². The van der Waals surface area contributed by atoms with Crippen molar-refractivity contribution in [2.24, 2.45) is 0 Å². The standard InChI is InChI=1S/C29H36O14/c30-13-19-22(35)23(36)24(37)29(40-19)43-27-25(38)28(39-12-11-16-3-8-18(33)9-4-16)41-20(14-31)26(27)42-21(34)10-5-15-1-6-17(32)7-2-15/h1-10,19-20,22-33,35-38H,11-14H2/b10-5+/t19-,20-,22-,23+,24-,25-,26-,27-,28-,29+/m1/s1. The third kappa shape index (κ3) is 8.27. The van der Waals surface area contributed by atoms with Gasteiger partial charge in [0.2, 0.25) is 0 Å². The number of phenols is 2. The molecule has 2 aliphatic heterocycles. The first-order valence-electron chi connectivity index (χ1n) is 13.6. The fourth-order valence-corrected chi connectivity index (χ4v) is 4.69. The number of hydrogen-bond donors (Lipinski definition) is 8. The molecule has 0 bridgehead atoms. The van der Waals surface area contributed by atoms with Crippen molar-refractivity contribution in [2.75, 3.05) is 19.8 Å². The van der Waals surface area contributed by atoms with Crippen LogP contribution < -0.4 is 0 Å². The predicted octanol–water partition coefficient (Wildman–Crippen LogP) is -1.45. The van der Waals surface area contributed by atoms with Crippen LogP contribution in [0.4, 0.5) is 0 Å². The van der Waals surface area contributed by atoms with Gasteiger partial charge in [-0.15, -0.1) is 0 Å². The number of benzene rings is 2. The Bertz CT molecular complexity index is 1190. The van der Waals surface area contributed by atoms with E-state index in [0.717, 1.165) is 11.6 Å². The second-order valence-corrected chi connectivity index (χ2v) is 10.1. The highest BCUT2D eigenvalue weighted by Gasteiger charge is 2.52. The molecule has 14 heteroatoms. The van der Waals surface area contributed by atoms with E-state index in [0.29, 0.717) is 12.0 Å². The minimum absolute atomic E-state index is 0.0250. The molecule has 2 aromatic rings. The average molecular weight is 609 g/mol. The van der Waals surface area contributed by atoms with Crippen molar-refractivity contribution in [1.29, 1.82) is 0 Å². The Hall–Kier alpha value is -3.15. The number of ether oxygens (including phenoxy) is 5. The van der Waals surface area contributed by atoms with E-state index in [2.05, 4.69) is 0 Å². The number of carbonyl (C=O) groups excluding carboxylic acids is 1. The molecular formula is C29H36O14. The summed E-state index contributed by atoms with van der Waals surface area (Å²) in [5.41, 5.74) is 1.37. The summed E-state index contributed by atoms with van der Waals surface area (Å²) in [6.07, 6.45) is -12.9. The molecule has 2 aliphatic rings. The van der Waals surface area contributed by atoms with Crippen LogP contribution in [0.25, 0.3) is 6.08 Å². The predicted molar refractivity (Wildman–Crippen MR) is 145 cm³/mol. The molecule has 0 radical (unpaired) electrons. The van der Waals surface area contributed by atoms with Crippen molar-refractivity contribution in [3.63, 3.8) is 0 Å². The van der Waals surface area contributed by atoms with E-state index in [4.69, 9.17) is 23.7 Å². The van der Waals surface area contributed by atoms with Crippen LogP contribution in [0.1, 0.15) is 11.1 Å². The maximum atomic E-state index is 12.8. The van der Waals surface area contributed by atoms with Crippen molar-refractivity contribution in [2.45, 2.75) is 67.8 Å². The van der Waals surface area contributed by atoms with Crippen LogP contribution in [-0.4, -0.2) is 128 Å². The summed E-state index contributed by atoms with van der Waals surface area (Å²) in [5, 5.41) is 80.7. The number of hydrogen-bond acceptors (Lipinski definition) is 14. The summed E-state index contributed by atoms with van der Waals surface area (Å²) in [5.74, 6) is -0.790. The summed E-state index contributed by atoms with van der Waals surface area (Å²) in [7, 11) is 0. The van der Waals surface area contributed by atoms with Crippen molar-refractivity contribution < 1.29 is 69.3 Å². The summed E-state index contributed by atoms with van der Waals surface area (Å²) < 4.78 is 28.2. The Balaban J connectivity index is 1.52. The van der Waals surface area contributed by atoms with Crippen molar-refractivity contribution in [3.05, 3.63) is 65.7 Å². The molecule has 0 unspecified atom stereocenters. The van der Waals surface area contributed by atoms with Gasteiger partial charge in [-0.25, -0.2) is 4.79 Å². The topological polar surface area (TPSA) is 225 Å². The molecule has 2 fully saturated rings. The molecule has 2 heterocycles. The molecule has 0 spiro atoms. The molecule has 0 aromatic heterocycles.